The lowest BCUT2D eigenvalue weighted by atomic mass is 10.9. The number of hydrogen-bond donors (Lipinski definition) is 0. The van der Waals surface area contributed by atoms with Gasteiger partial charge in [-0.3, -0.25) is 4.79 Å². The summed E-state index contributed by atoms with van der Waals surface area (Å²) in [6.45, 7) is 6.63. The second-order valence-corrected chi connectivity index (χ2v) is 8.86. The molecule has 0 aromatic rings. The lowest BCUT2D eigenvalue weighted by Gasteiger charge is -2.26. The quantitative estimate of drug-likeness (QED) is 0.505. The molecular formula is C8H19NO3Si. The molecule has 13 heavy (non-hydrogen) atoms. The average molecular weight is 205 g/mol. The summed E-state index contributed by atoms with van der Waals surface area (Å²) in [5.74, 6) is 0. The molecule has 0 bridgehead atoms. The largest absolute Gasteiger partial charge is 0.364 e. The molecule has 0 N–H and O–H groups in total. The van der Waals surface area contributed by atoms with Gasteiger partial charge < -0.3 is 14.4 Å². The molecule has 0 saturated heterocycles. The molecule has 0 aliphatic heterocycles. The van der Waals surface area contributed by atoms with E-state index in [0.29, 0.717) is 13.5 Å². The molecule has 0 rings (SSSR count). The van der Waals surface area contributed by atoms with E-state index in [1.165, 1.54) is 0 Å². The molecule has 0 atom stereocenters. The third-order valence-corrected chi connectivity index (χ3v) is 3.10. The number of amides is 1. The maximum Gasteiger partial charge on any atom is 0.197 e. The van der Waals surface area contributed by atoms with Crippen LogP contribution in [0.2, 0.25) is 19.6 Å². The predicted molar refractivity (Wildman–Crippen MR) is 54.3 cm³/mol. The van der Waals surface area contributed by atoms with E-state index in [9.17, 15) is 4.79 Å². The van der Waals surface area contributed by atoms with Crippen LogP contribution in [-0.4, -0.2) is 46.2 Å². The molecule has 0 spiro atoms. The molecule has 0 aromatic carbocycles. The Labute approximate surface area is 80.8 Å². The van der Waals surface area contributed by atoms with E-state index < -0.39 is 8.07 Å². The van der Waals surface area contributed by atoms with E-state index in [1.807, 2.05) is 19.6 Å². The van der Waals surface area contributed by atoms with Crippen molar-refractivity contribution in [2.24, 2.45) is 0 Å². The zero-order valence-electron chi connectivity index (χ0n) is 9.09. The van der Waals surface area contributed by atoms with Gasteiger partial charge in [-0.1, -0.05) is 19.6 Å². The third kappa shape index (κ3) is 4.40. The topological polar surface area (TPSA) is 38.8 Å². The van der Waals surface area contributed by atoms with Crippen molar-refractivity contribution >= 4 is 13.6 Å². The smallest absolute Gasteiger partial charge is 0.197 e. The Hall–Kier alpha value is -0.393. The average Bonchev–Trinajstić information content (AvgIpc) is 2.01. The lowest BCUT2D eigenvalue weighted by molar-refractivity contribution is 0.0192. The lowest BCUT2D eigenvalue weighted by Crippen LogP contribution is -2.47. The highest BCUT2D eigenvalue weighted by atomic mass is 28.3. The second kappa shape index (κ2) is 5.36. The highest BCUT2D eigenvalue weighted by molar-refractivity contribution is 7.03. The summed E-state index contributed by atoms with van der Waals surface area (Å²) in [6.07, 6.45) is 0. The number of carbonyl (C=O) groups is 1. The minimum atomic E-state index is -1.77. The van der Waals surface area contributed by atoms with Crippen LogP contribution in [0, 0.1) is 0 Å². The van der Waals surface area contributed by atoms with Crippen LogP contribution in [-0.2, 0) is 9.47 Å². The van der Waals surface area contributed by atoms with E-state index >= 15 is 0 Å². The van der Waals surface area contributed by atoms with Gasteiger partial charge in [0.05, 0.1) is 0 Å². The summed E-state index contributed by atoms with van der Waals surface area (Å²) in [5.41, 5.74) is 0.163. The van der Waals surface area contributed by atoms with Crippen molar-refractivity contribution in [2.75, 3.05) is 27.7 Å². The molecule has 0 unspecified atom stereocenters. The van der Waals surface area contributed by atoms with E-state index in [4.69, 9.17) is 9.47 Å². The maximum atomic E-state index is 11.8. The molecule has 78 valence electrons. The van der Waals surface area contributed by atoms with Gasteiger partial charge in [-0.15, -0.1) is 0 Å². The number of ether oxygens (including phenoxy) is 2. The summed E-state index contributed by atoms with van der Waals surface area (Å²) in [7, 11) is 1.37. The summed E-state index contributed by atoms with van der Waals surface area (Å²) in [4.78, 5) is 13.4. The van der Waals surface area contributed by atoms with Crippen LogP contribution >= 0.6 is 0 Å². The van der Waals surface area contributed by atoms with Crippen LogP contribution < -0.4 is 0 Å². The first-order valence-electron chi connectivity index (χ1n) is 4.20. The van der Waals surface area contributed by atoms with Crippen molar-refractivity contribution in [3.8, 4) is 0 Å². The fourth-order valence-electron chi connectivity index (χ4n) is 0.941. The van der Waals surface area contributed by atoms with Crippen LogP contribution in [0.15, 0.2) is 0 Å². The standard InChI is InChI=1S/C8H19NO3Si/c1-11-6-9(7-12-2)8(10)13(3,4)5/h6-7H2,1-5H3. The van der Waals surface area contributed by atoms with Crippen LogP contribution in [0.4, 0.5) is 4.79 Å². The van der Waals surface area contributed by atoms with Gasteiger partial charge in [-0.2, -0.15) is 0 Å². The molecule has 0 fully saturated rings. The van der Waals surface area contributed by atoms with Gasteiger partial charge in [0.25, 0.3) is 0 Å². The fraction of sp³-hybridized carbons (Fsp3) is 0.875. The number of hydrogen-bond acceptors (Lipinski definition) is 3. The van der Waals surface area contributed by atoms with Crippen LogP contribution in [0.25, 0.3) is 0 Å². The van der Waals surface area contributed by atoms with Gasteiger partial charge in [-0.05, 0) is 0 Å². The minimum absolute atomic E-state index is 0.163. The van der Waals surface area contributed by atoms with Crippen molar-refractivity contribution in [1.82, 2.24) is 4.90 Å². The van der Waals surface area contributed by atoms with Crippen molar-refractivity contribution < 1.29 is 14.3 Å². The highest BCUT2D eigenvalue weighted by Crippen LogP contribution is 2.08. The summed E-state index contributed by atoms with van der Waals surface area (Å²) in [6, 6.07) is 0. The molecular weight excluding hydrogens is 186 g/mol. The Morgan fingerprint density at radius 2 is 1.54 bits per heavy atom. The molecule has 0 heterocycles. The third-order valence-electron chi connectivity index (χ3n) is 1.50. The van der Waals surface area contributed by atoms with Crippen molar-refractivity contribution in [2.45, 2.75) is 19.6 Å². The first-order valence-corrected chi connectivity index (χ1v) is 7.70. The van der Waals surface area contributed by atoms with Gasteiger partial charge in [-0.25, -0.2) is 0 Å². The monoisotopic (exact) mass is 205 g/mol. The van der Waals surface area contributed by atoms with Crippen molar-refractivity contribution in [3.63, 3.8) is 0 Å². The first-order chi connectivity index (χ1) is 5.93. The minimum Gasteiger partial charge on any atom is -0.364 e. The van der Waals surface area contributed by atoms with Gasteiger partial charge in [0.15, 0.2) is 13.6 Å². The SMILES string of the molecule is COCN(COC)C(=O)[Si](C)(C)C. The number of methoxy groups -OCH3 is 2. The zero-order chi connectivity index (χ0) is 10.5. The first kappa shape index (κ1) is 12.6. The fourth-order valence-corrected chi connectivity index (χ4v) is 2.02. The number of carbonyl (C=O) groups excluding carboxylic acids is 1. The van der Waals surface area contributed by atoms with E-state index in [1.54, 1.807) is 19.1 Å². The van der Waals surface area contributed by atoms with E-state index in [-0.39, 0.29) is 5.53 Å². The van der Waals surface area contributed by atoms with Crippen molar-refractivity contribution in [1.29, 1.82) is 0 Å². The van der Waals surface area contributed by atoms with Crippen LogP contribution in [0.3, 0.4) is 0 Å². The number of rotatable bonds is 5. The number of nitrogens with zero attached hydrogens (tertiary/aromatic N) is 1. The molecule has 1 amide bonds. The van der Waals surface area contributed by atoms with Gasteiger partial charge in [0, 0.05) is 14.2 Å². The Bertz CT molecular complexity index is 161. The van der Waals surface area contributed by atoms with Gasteiger partial charge >= 0.3 is 0 Å². The normalized spacial score (nSPS) is 11.5. The molecule has 0 aliphatic rings. The van der Waals surface area contributed by atoms with Gasteiger partial charge in [0.2, 0.25) is 0 Å². The molecule has 5 heteroatoms. The second-order valence-electron chi connectivity index (χ2n) is 3.93. The van der Waals surface area contributed by atoms with Crippen molar-refractivity contribution in [3.05, 3.63) is 0 Å². The van der Waals surface area contributed by atoms with Crippen LogP contribution in [0.5, 0.6) is 0 Å². The Morgan fingerprint density at radius 1 is 1.15 bits per heavy atom. The summed E-state index contributed by atoms with van der Waals surface area (Å²) < 4.78 is 9.84. The van der Waals surface area contributed by atoms with E-state index in [2.05, 4.69) is 0 Å². The predicted octanol–water partition coefficient (Wildman–Crippen LogP) is 1.54. The Kier molecular flexibility index (Phi) is 5.20. The van der Waals surface area contributed by atoms with E-state index in [0.717, 1.165) is 0 Å². The van der Waals surface area contributed by atoms with Crippen LogP contribution in [0.1, 0.15) is 0 Å². The molecule has 0 radical (unpaired) electrons. The zero-order valence-corrected chi connectivity index (χ0v) is 10.1. The summed E-state index contributed by atoms with van der Waals surface area (Å²) in [5, 5.41) is 0. The maximum absolute atomic E-state index is 11.8. The highest BCUT2D eigenvalue weighted by Gasteiger charge is 2.29. The Balaban J connectivity index is 4.27. The van der Waals surface area contributed by atoms with Gasteiger partial charge in [0.1, 0.15) is 13.5 Å². The molecule has 4 nitrogen and oxygen atoms in total. The molecule has 0 aliphatic carbocycles. The Morgan fingerprint density at radius 3 is 1.77 bits per heavy atom. The molecule has 0 aromatic heterocycles. The summed E-state index contributed by atoms with van der Waals surface area (Å²) >= 11 is 0. The molecule has 0 saturated carbocycles.